The predicted molar refractivity (Wildman–Crippen MR) is 114 cm³/mol. The van der Waals surface area contributed by atoms with Crippen LogP contribution in [0.3, 0.4) is 0 Å². The fourth-order valence-corrected chi connectivity index (χ4v) is 4.49. The number of hydrogen-bond acceptors (Lipinski definition) is 7. The molecule has 0 spiro atoms. The van der Waals surface area contributed by atoms with E-state index in [1.54, 1.807) is 11.3 Å². The number of carbonyl (C=O) groups is 1. The largest absolute Gasteiger partial charge is 0.339 e. The second-order valence-electron chi connectivity index (χ2n) is 7.27. The van der Waals surface area contributed by atoms with Crippen LogP contribution in [0.15, 0.2) is 22.0 Å². The van der Waals surface area contributed by atoms with E-state index in [4.69, 9.17) is 10.3 Å². The van der Waals surface area contributed by atoms with E-state index in [1.165, 1.54) is 6.42 Å². The van der Waals surface area contributed by atoms with Crippen LogP contribution in [0.2, 0.25) is 0 Å². The summed E-state index contributed by atoms with van der Waals surface area (Å²) < 4.78 is 5.38. The minimum atomic E-state index is -0.636. The molecule has 0 unspecified atom stereocenters. The lowest BCUT2D eigenvalue weighted by Crippen LogP contribution is -2.60. The topological polar surface area (TPSA) is 88.5 Å². The molecule has 0 radical (unpaired) electrons. The Balaban J connectivity index is 0.00000140. The van der Waals surface area contributed by atoms with Gasteiger partial charge in [-0.1, -0.05) is 30.5 Å². The molecule has 0 bridgehead atoms. The fourth-order valence-electron chi connectivity index (χ4n) is 3.84. The molecule has 10 heteroatoms. The van der Waals surface area contributed by atoms with Gasteiger partial charge in [-0.25, -0.2) is 0 Å². The Labute approximate surface area is 181 Å². The van der Waals surface area contributed by atoms with Gasteiger partial charge in [0, 0.05) is 26.2 Å². The molecule has 1 saturated heterocycles. The van der Waals surface area contributed by atoms with Crippen molar-refractivity contribution < 1.29 is 9.32 Å². The van der Waals surface area contributed by atoms with Crippen LogP contribution in [0.25, 0.3) is 10.7 Å². The summed E-state index contributed by atoms with van der Waals surface area (Å²) in [6, 6.07) is 3.96. The van der Waals surface area contributed by atoms with Crippen LogP contribution in [0, 0.1) is 0 Å². The molecule has 3 heterocycles. The molecule has 2 aromatic rings. The second kappa shape index (κ2) is 10.0. The van der Waals surface area contributed by atoms with Crippen LogP contribution in [-0.4, -0.2) is 57.6 Å². The Morgan fingerprint density at radius 1 is 1.18 bits per heavy atom. The highest BCUT2D eigenvalue weighted by Gasteiger charge is 2.39. The first-order valence-electron chi connectivity index (χ1n) is 9.31. The van der Waals surface area contributed by atoms with Gasteiger partial charge in [-0.15, -0.1) is 36.2 Å². The monoisotopic (exact) mass is 447 g/mol. The minimum Gasteiger partial charge on any atom is -0.339 e. The van der Waals surface area contributed by atoms with Crippen molar-refractivity contribution in [2.75, 3.05) is 26.2 Å². The van der Waals surface area contributed by atoms with Crippen molar-refractivity contribution in [1.29, 1.82) is 0 Å². The van der Waals surface area contributed by atoms with Crippen molar-refractivity contribution in [1.82, 2.24) is 19.9 Å². The summed E-state index contributed by atoms with van der Waals surface area (Å²) in [5, 5.41) is 6.05. The molecule has 2 fully saturated rings. The summed E-state index contributed by atoms with van der Waals surface area (Å²) in [5.74, 6) is 1.40. The Hall–Kier alpha value is -1.19. The molecule has 1 saturated carbocycles. The lowest BCUT2D eigenvalue weighted by molar-refractivity contribution is -0.140. The molecule has 4 rings (SSSR count). The normalized spacial score (nSPS) is 19.5. The Morgan fingerprint density at radius 2 is 1.89 bits per heavy atom. The lowest BCUT2D eigenvalue weighted by atomic mass is 9.81. The zero-order valence-corrected chi connectivity index (χ0v) is 18.2. The molecule has 1 aliphatic heterocycles. The Kier molecular flexibility index (Phi) is 8.27. The number of hydrogen-bond donors (Lipinski definition) is 1. The fraction of sp³-hybridized carbons (Fsp3) is 0.611. The molecule has 0 aromatic carbocycles. The van der Waals surface area contributed by atoms with Gasteiger partial charge in [0.2, 0.25) is 17.6 Å². The predicted octanol–water partition coefficient (Wildman–Crippen LogP) is 2.95. The summed E-state index contributed by atoms with van der Waals surface area (Å²) in [6.07, 6.45) is 4.95. The third kappa shape index (κ3) is 5.04. The molecule has 0 atom stereocenters. The summed E-state index contributed by atoms with van der Waals surface area (Å²) in [7, 11) is 0. The van der Waals surface area contributed by atoms with Crippen molar-refractivity contribution in [2.24, 2.45) is 5.73 Å². The van der Waals surface area contributed by atoms with Gasteiger partial charge < -0.3 is 15.2 Å². The van der Waals surface area contributed by atoms with E-state index in [2.05, 4.69) is 15.0 Å². The van der Waals surface area contributed by atoms with Gasteiger partial charge in [-0.3, -0.25) is 9.69 Å². The van der Waals surface area contributed by atoms with E-state index in [0.717, 1.165) is 43.6 Å². The molecule has 7 nitrogen and oxygen atoms in total. The maximum atomic E-state index is 12.8. The quantitative estimate of drug-likeness (QED) is 0.774. The van der Waals surface area contributed by atoms with Crippen LogP contribution < -0.4 is 5.73 Å². The highest BCUT2D eigenvalue weighted by atomic mass is 35.5. The van der Waals surface area contributed by atoms with E-state index >= 15 is 0 Å². The standard InChI is InChI=1S/C18H25N5O2S.2ClH/c19-18(6-2-1-3-7-18)17(24)23-10-8-22(9-11-23)13-15-20-16(21-25-15)14-5-4-12-26-14;;/h4-5,12H,1-3,6-11,13,19H2;2*1H. The summed E-state index contributed by atoms with van der Waals surface area (Å²) in [4.78, 5) is 22.5. The van der Waals surface area contributed by atoms with Crippen LogP contribution >= 0.6 is 36.2 Å². The molecular formula is C18H27Cl2N5O2S. The van der Waals surface area contributed by atoms with E-state index in [-0.39, 0.29) is 30.7 Å². The van der Waals surface area contributed by atoms with E-state index < -0.39 is 5.54 Å². The van der Waals surface area contributed by atoms with Gasteiger partial charge in [0.25, 0.3) is 0 Å². The molecule has 1 amide bonds. The number of amides is 1. The zero-order chi connectivity index (χ0) is 18.0. The van der Waals surface area contributed by atoms with Gasteiger partial charge in [-0.05, 0) is 24.3 Å². The van der Waals surface area contributed by atoms with Gasteiger partial charge in [0.05, 0.1) is 17.0 Å². The van der Waals surface area contributed by atoms with E-state index in [0.29, 0.717) is 31.3 Å². The third-order valence-corrected chi connectivity index (χ3v) is 6.27. The van der Waals surface area contributed by atoms with Crippen molar-refractivity contribution in [3.05, 3.63) is 23.4 Å². The smallest absolute Gasteiger partial charge is 0.242 e. The number of nitrogens with two attached hydrogens (primary N) is 1. The Morgan fingerprint density at radius 3 is 2.54 bits per heavy atom. The zero-order valence-electron chi connectivity index (χ0n) is 15.7. The summed E-state index contributed by atoms with van der Waals surface area (Å²) >= 11 is 1.60. The minimum absolute atomic E-state index is 0. The van der Waals surface area contributed by atoms with Gasteiger partial charge in [0.1, 0.15) is 0 Å². The molecule has 2 N–H and O–H groups in total. The molecule has 1 aliphatic carbocycles. The van der Waals surface area contributed by atoms with Crippen LogP contribution in [-0.2, 0) is 11.3 Å². The van der Waals surface area contributed by atoms with Crippen molar-refractivity contribution in [3.63, 3.8) is 0 Å². The molecular weight excluding hydrogens is 421 g/mol. The first-order valence-corrected chi connectivity index (χ1v) is 10.2. The molecule has 2 aromatic heterocycles. The van der Waals surface area contributed by atoms with Crippen molar-refractivity contribution in [2.45, 2.75) is 44.2 Å². The number of aromatic nitrogens is 2. The highest BCUT2D eigenvalue weighted by Crippen LogP contribution is 2.28. The lowest BCUT2D eigenvalue weighted by Gasteiger charge is -2.40. The third-order valence-electron chi connectivity index (χ3n) is 5.40. The average Bonchev–Trinajstić information content (AvgIpc) is 3.34. The maximum Gasteiger partial charge on any atom is 0.242 e. The van der Waals surface area contributed by atoms with Crippen molar-refractivity contribution in [3.8, 4) is 10.7 Å². The first kappa shape index (κ1) is 23.1. The molecule has 156 valence electrons. The number of nitrogens with zero attached hydrogens (tertiary/aromatic N) is 4. The van der Waals surface area contributed by atoms with E-state index in [9.17, 15) is 4.79 Å². The average molecular weight is 448 g/mol. The second-order valence-corrected chi connectivity index (χ2v) is 8.22. The number of halogens is 2. The van der Waals surface area contributed by atoms with Crippen molar-refractivity contribution >= 4 is 42.1 Å². The SMILES string of the molecule is Cl.Cl.NC1(C(=O)N2CCN(Cc3nc(-c4cccs4)no3)CC2)CCCCC1. The van der Waals surface area contributed by atoms with Gasteiger partial charge in [0.15, 0.2) is 0 Å². The van der Waals surface area contributed by atoms with Gasteiger partial charge in [-0.2, -0.15) is 4.98 Å². The van der Waals surface area contributed by atoms with Gasteiger partial charge >= 0.3 is 0 Å². The van der Waals surface area contributed by atoms with E-state index in [1.807, 2.05) is 22.4 Å². The van der Waals surface area contributed by atoms with Crippen LogP contribution in [0.1, 0.15) is 38.0 Å². The number of piperazine rings is 1. The number of rotatable bonds is 4. The summed E-state index contributed by atoms with van der Waals surface area (Å²) in [6.45, 7) is 3.65. The summed E-state index contributed by atoms with van der Waals surface area (Å²) in [5.41, 5.74) is 5.77. The number of carbonyl (C=O) groups excluding carboxylic acids is 1. The molecule has 28 heavy (non-hydrogen) atoms. The first-order chi connectivity index (χ1) is 12.6. The Bertz CT molecular complexity index is 741. The highest BCUT2D eigenvalue weighted by molar-refractivity contribution is 7.13. The van der Waals surface area contributed by atoms with Crippen LogP contribution in [0.4, 0.5) is 0 Å². The molecule has 2 aliphatic rings. The maximum absolute atomic E-state index is 12.8. The number of thiophene rings is 1. The van der Waals surface area contributed by atoms with Crippen LogP contribution in [0.5, 0.6) is 0 Å².